The molecule has 1 spiro atoms. The molecule has 0 amide bonds. The van der Waals surface area contributed by atoms with Crippen LogP contribution in [0.4, 0.5) is 0 Å². The summed E-state index contributed by atoms with van der Waals surface area (Å²) in [5, 5.41) is 3.50. The second-order valence-electron chi connectivity index (χ2n) is 6.47. The lowest BCUT2D eigenvalue weighted by molar-refractivity contribution is -0.123. The molecule has 3 nitrogen and oxygen atoms in total. The van der Waals surface area contributed by atoms with E-state index in [1.54, 1.807) is 0 Å². The average molecular weight is 287 g/mol. The predicted molar refractivity (Wildman–Crippen MR) is 81.9 cm³/mol. The van der Waals surface area contributed by atoms with Crippen LogP contribution in [0, 0.1) is 5.92 Å². The van der Waals surface area contributed by atoms with Crippen LogP contribution in [0.25, 0.3) is 0 Å². The molecule has 112 valence electrons. The van der Waals surface area contributed by atoms with Gasteiger partial charge in [-0.1, -0.05) is 0 Å². The van der Waals surface area contributed by atoms with E-state index >= 15 is 0 Å². The van der Waals surface area contributed by atoms with Crippen molar-refractivity contribution in [1.29, 1.82) is 0 Å². The highest BCUT2D eigenvalue weighted by Crippen LogP contribution is 2.42. The number of thioether (sulfide) groups is 1. The maximum Gasteiger partial charge on any atom is 0.0777 e. The van der Waals surface area contributed by atoms with Gasteiger partial charge in [-0.2, -0.15) is 11.8 Å². The first-order chi connectivity index (χ1) is 9.03. The monoisotopic (exact) mass is 287 g/mol. The highest BCUT2D eigenvalue weighted by atomic mass is 32.2. The second-order valence-corrected chi connectivity index (χ2v) is 7.70. The first kappa shape index (κ1) is 15.6. The van der Waals surface area contributed by atoms with Crippen molar-refractivity contribution in [1.82, 2.24) is 5.32 Å². The number of ether oxygens (including phenoxy) is 2. The van der Waals surface area contributed by atoms with Gasteiger partial charge >= 0.3 is 0 Å². The fourth-order valence-corrected chi connectivity index (χ4v) is 4.96. The van der Waals surface area contributed by atoms with E-state index in [1.807, 2.05) is 7.11 Å². The molecule has 0 bridgehead atoms. The minimum Gasteiger partial charge on any atom is -0.377 e. The molecule has 1 N–H and O–H groups in total. The Balaban J connectivity index is 2.07. The SMILES string of the molecule is CNC(C1CCOC2(CCSCC2)C1)C(C)(C)OC. The average Bonchev–Trinajstić information content (AvgIpc) is 2.40. The third-order valence-corrected chi connectivity index (χ3v) is 5.98. The van der Waals surface area contributed by atoms with Gasteiger partial charge in [0.25, 0.3) is 0 Å². The summed E-state index contributed by atoms with van der Waals surface area (Å²) in [7, 11) is 3.88. The van der Waals surface area contributed by atoms with Crippen LogP contribution in [0.2, 0.25) is 0 Å². The maximum atomic E-state index is 6.20. The molecular formula is C15H29NO2S. The summed E-state index contributed by atoms with van der Waals surface area (Å²) >= 11 is 2.07. The number of rotatable bonds is 4. The molecule has 2 unspecified atom stereocenters. The zero-order valence-corrected chi connectivity index (χ0v) is 13.6. The molecule has 0 aromatic rings. The number of hydrogen-bond donors (Lipinski definition) is 1. The van der Waals surface area contributed by atoms with Crippen LogP contribution in [0.5, 0.6) is 0 Å². The molecule has 0 radical (unpaired) electrons. The lowest BCUT2D eigenvalue weighted by Crippen LogP contribution is -2.55. The van der Waals surface area contributed by atoms with Gasteiger partial charge in [-0.15, -0.1) is 0 Å². The molecule has 2 saturated heterocycles. The van der Waals surface area contributed by atoms with Gasteiger partial charge in [0.15, 0.2) is 0 Å². The minimum absolute atomic E-state index is 0.124. The van der Waals surface area contributed by atoms with Gasteiger partial charge in [-0.05, 0) is 64.0 Å². The van der Waals surface area contributed by atoms with Crippen LogP contribution >= 0.6 is 11.8 Å². The summed E-state index contributed by atoms with van der Waals surface area (Å²) in [4.78, 5) is 0. The van der Waals surface area contributed by atoms with Crippen LogP contribution < -0.4 is 5.32 Å². The molecular weight excluding hydrogens is 258 g/mol. The molecule has 4 heteroatoms. The normalized spacial score (nSPS) is 29.4. The number of likely N-dealkylation sites (N-methyl/N-ethyl adjacent to an activating group) is 1. The Hall–Kier alpha value is 0.230. The van der Waals surface area contributed by atoms with Crippen LogP contribution in [0.1, 0.15) is 39.5 Å². The lowest BCUT2D eigenvalue weighted by atomic mass is 9.74. The first-order valence-electron chi connectivity index (χ1n) is 7.47. The minimum atomic E-state index is -0.124. The van der Waals surface area contributed by atoms with Crippen molar-refractivity contribution in [3.8, 4) is 0 Å². The summed E-state index contributed by atoms with van der Waals surface area (Å²) < 4.78 is 11.9. The highest BCUT2D eigenvalue weighted by molar-refractivity contribution is 7.99. The molecule has 0 aliphatic carbocycles. The largest absolute Gasteiger partial charge is 0.377 e. The van der Waals surface area contributed by atoms with Gasteiger partial charge in [0.1, 0.15) is 0 Å². The Kier molecular flexibility index (Phi) is 5.21. The second kappa shape index (κ2) is 6.33. The molecule has 2 atom stereocenters. The molecule has 2 fully saturated rings. The van der Waals surface area contributed by atoms with E-state index in [0.29, 0.717) is 12.0 Å². The van der Waals surface area contributed by atoms with Crippen molar-refractivity contribution in [2.75, 3.05) is 32.3 Å². The smallest absolute Gasteiger partial charge is 0.0777 e. The Bertz CT molecular complexity index is 284. The highest BCUT2D eigenvalue weighted by Gasteiger charge is 2.44. The summed E-state index contributed by atoms with van der Waals surface area (Å²) in [5.41, 5.74) is 0.0362. The van der Waals surface area contributed by atoms with E-state index < -0.39 is 0 Å². The molecule has 0 aromatic heterocycles. The maximum absolute atomic E-state index is 6.20. The Morgan fingerprint density at radius 2 is 2.05 bits per heavy atom. The van der Waals surface area contributed by atoms with E-state index in [4.69, 9.17) is 9.47 Å². The summed E-state index contributed by atoms with van der Waals surface area (Å²) in [6, 6.07) is 0.396. The molecule has 2 heterocycles. The standard InChI is InChI=1S/C15H29NO2S/c1-14(2,17-4)13(16-3)12-5-8-18-15(11-12)6-9-19-10-7-15/h12-13,16H,5-11H2,1-4H3. The molecule has 2 aliphatic rings. The van der Waals surface area contributed by atoms with Crippen LogP contribution in [-0.2, 0) is 9.47 Å². The lowest BCUT2D eigenvalue weighted by Gasteiger charge is -2.48. The summed E-state index contributed by atoms with van der Waals surface area (Å²) in [5.74, 6) is 3.16. The van der Waals surface area contributed by atoms with Gasteiger partial charge in [0, 0.05) is 19.8 Å². The predicted octanol–water partition coefficient (Wildman–Crippen LogP) is 2.69. The van der Waals surface area contributed by atoms with Crippen molar-refractivity contribution >= 4 is 11.8 Å². The van der Waals surface area contributed by atoms with E-state index in [2.05, 4.69) is 38.0 Å². The number of nitrogens with one attached hydrogen (secondary N) is 1. The molecule has 0 aromatic carbocycles. The molecule has 2 aliphatic heterocycles. The van der Waals surface area contributed by atoms with Crippen molar-refractivity contribution in [2.24, 2.45) is 5.92 Å². The summed E-state index contributed by atoms with van der Waals surface area (Å²) in [6.45, 7) is 5.29. The quantitative estimate of drug-likeness (QED) is 0.861. The van der Waals surface area contributed by atoms with Gasteiger partial charge in [0.2, 0.25) is 0 Å². The van der Waals surface area contributed by atoms with Crippen molar-refractivity contribution < 1.29 is 9.47 Å². The zero-order chi connectivity index (χ0) is 13.9. The van der Waals surface area contributed by atoms with Gasteiger partial charge < -0.3 is 14.8 Å². The Morgan fingerprint density at radius 3 is 2.63 bits per heavy atom. The Morgan fingerprint density at radius 1 is 1.37 bits per heavy atom. The third kappa shape index (κ3) is 3.46. The van der Waals surface area contributed by atoms with Crippen LogP contribution in [0.3, 0.4) is 0 Å². The van der Waals surface area contributed by atoms with E-state index in [-0.39, 0.29) is 11.2 Å². The fourth-order valence-electron chi connectivity index (χ4n) is 3.72. The van der Waals surface area contributed by atoms with Crippen molar-refractivity contribution in [2.45, 2.75) is 56.8 Å². The zero-order valence-electron chi connectivity index (χ0n) is 12.8. The third-order valence-electron chi connectivity index (χ3n) is 4.99. The summed E-state index contributed by atoms with van der Waals surface area (Å²) in [6.07, 6.45) is 4.77. The van der Waals surface area contributed by atoms with Gasteiger partial charge in [0.05, 0.1) is 11.2 Å². The van der Waals surface area contributed by atoms with Crippen molar-refractivity contribution in [3.05, 3.63) is 0 Å². The number of hydrogen-bond acceptors (Lipinski definition) is 4. The topological polar surface area (TPSA) is 30.5 Å². The fraction of sp³-hybridized carbons (Fsp3) is 1.00. The first-order valence-corrected chi connectivity index (χ1v) is 8.63. The van der Waals surface area contributed by atoms with E-state index in [9.17, 15) is 0 Å². The molecule has 0 saturated carbocycles. The van der Waals surface area contributed by atoms with E-state index in [0.717, 1.165) is 13.0 Å². The van der Waals surface area contributed by atoms with Gasteiger partial charge in [-0.25, -0.2) is 0 Å². The Labute approximate surface area is 122 Å². The molecule has 19 heavy (non-hydrogen) atoms. The van der Waals surface area contributed by atoms with E-state index in [1.165, 1.54) is 30.8 Å². The van der Waals surface area contributed by atoms with Crippen LogP contribution in [0.15, 0.2) is 0 Å². The van der Waals surface area contributed by atoms with Gasteiger partial charge in [-0.3, -0.25) is 0 Å². The number of methoxy groups -OCH3 is 1. The van der Waals surface area contributed by atoms with Crippen molar-refractivity contribution in [3.63, 3.8) is 0 Å². The molecule has 2 rings (SSSR count). The van der Waals surface area contributed by atoms with Crippen LogP contribution in [-0.4, -0.2) is 49.5 Å².